The summed E-state index contributed by atoms with van der Waals surface area (Å²) in [5.41, 5.74) is 2.71. The van der Waals surface area contributed by atoms with Gasteiger partial charge in [-0.2, -0.15) is 5.10 Å². The summed E-state index contributed by atoms with van der Waals surface area (Å²) in [6.07, 6.45) is 7.69. The van der Waals surface area contributed by atoms with Gasteiger partial charge in [0, 0.05) is 74.7 Å². The van der Waals surface area contributed by atoms with Gasteiger partial charge in [0.05, 0.1) is 11.7 Å². The van der Waals surface area contributed by atoms with Crippen molar-refractivity contribution in [1.82, 2.24) is 29.5 Å². The molecule has 0 unspecified atom stereocenters. The topological polar surface area (TPSA) is 123 Å². The second-order valence-corrected chi connectivity index (χ2v) is 11.7. The third-order valence-corrected chi connectivity index (χ3v) is 8.32. The minimum absolute atomic E-state index is 0.0781. The van der Waals surface area contributed by atoms with Crippen molar-refractivity contribution in [2.45, 2.75) is 51.0 Å². The number of amides is 2. The molecule has 2 amide bonds. The summed E-state index contributed by atoms with van der Waals surface area (Å²) in [6, 6.07) is 3.98. The maximum absolute atomic E-state index is 13.4. The summed E-state index contributed by atoms with van der Waals surface area (Å²) >= 11 is 1.39. The van der Waals surface area contributed by atoms with E-state index < -0.39 is 0 Å². The minimum atomic E-state index is -0.388. The molecule has 3 aromatic heterocycles. The van der Waals surface area contributed by atoms with Gasteiger partial charge in [-0.05, 0) is 58.3 Å². The van der Waals surface area contributed by atoms with E-state index >= 15 is 0 Å². The van der Waals surface area contributed by atoms with Crippen LogP contribution >= 0.6 is 11.3 Å². The Balaban J connectivity index is 1.44. The average molecular weight is 580 g/mol. The van der Waals surface area contributed by atoms with Crippen molar-refractivity contribution in [2.75, 3.05) is 52.3 Å². The van der Waals surface area contributed by atoms with Gasteiger partial charge < -0.3 is 19.9 Å². The van der Waals surface area contributed by atoms with Crippen molar-refractivity contribution in [1.29, 1.82) is 0 Å². The second-order valence-electron chi connectivity index (χ2n) is 10.8. The predicted molar refractivity (Wildman–Crippen MR) is 156 cm³/mol. The lowest BCUT2D eigenvalue weighted by atomic mass is 10.1. The summed E-state index contributed by atoms with van der Waals surface area (Å²) in [5, 5.41) is 9.98. The molecular formula is C29H37N7O4S. The van der Waals surface area contributed by atoms with E-state index in [2.05, 4.69) is 20.4 Å². The second kappa shape index (κ2) is 13.5. The van der Waals surface area contributed by atoms with E-state index in [9.17, 15) is 14.4 Å². The molecule has 5 heterocycles. The highest BCUT2D eigenvalue weighted by Gasteiger charge is 2.25. The Bertz CT molecular complexity index is 1380. The zero-order chi connectivity index (χ0) is 28.8. The number of aryl methyl sites for hydroxylation is 1. The quantitative estimate of drug-likeness (QED) is 0.497. The zero-order valence-corrected chi connectivity index (χ0v) is 24.5. The van der Waals surface area contributed by atoms with Gasteiger partial charge in [0.25, 0.3) is 5.91 Å². The summed E-state index contributed by atoms with van der Waals surface area (Å²) in [5.74, 6) is -0.471. The number of aromatic nitrogens is 4. The highest BCUT2D eigenvalue weighted by molar-refractivity contribution is 7.13. The number of ketones is 1. The van der Waals surface area contributed by atoms with Crippen molar-refractivity contribution >= 4 is 34.6 Å². The third-order valence-electron chi connectivity index (χ3n) is 7.43. The molecule has 218 valence electrons. The number of anilines is 1. The maximum Gasteiger partial charge on any atom is 0.275 e. The number of thiazole rings is 1. The van der Waals surface area contributed by atoms with Crippen LogP contribution in [0.15, 0.2) is 29.9 Å². The predicted octanol–water partition coefficient (Wildman–Crippen LogP) is 3.69. The molecule has 1 saturated heterocycles. The van der Waals surface area contributed by atoms with E-state index in [-0.39, 0.29) is 41.4 Å². The number of rotatable bonds is 4. The zero-order valence-electron chi connectivity index (χ0n) is 23.7. The average Bonchev–Trinajstić information content (AvgIpc) is 3.63. The number of fused-ring (bicyclic) bond motifs is 6. The van der Waals surface area contributed by atoms with E-state index in [1.165, 1.54) is 11.3 Å². The smallest absolute Gasteiger partial charge is 0.275 e. The van der Waals surface area contributed by atoms with E-state index in [0.717, 1.165) is 35.5 Å². The summed E-state index contributed by atoms with van der Waals surface area (Å²) in [6.45, 7) is 3.00. The van der Waals surface area contributed by atoms with Crippen LogP contribution in [0.1, 0.15) is 71.2 Å². The number of ether oxygens (including phenoxy) is 1. The molecule has 5 rings (SSSR count). The van der Waals surface area contributed by atoms with Gasteiger partial charge in [0.2, 0.25) is 5.91 Å². The van der Waals surface area contributed by atoms with Gasteiger partial charge >= 0.3 is 0 Å². The molecule has 0 atom stereocenters. The molecule has 0 aliphatic carbocycles. The fourth-order valence-corrected chi connectivity index (χ4v) is 5.91. The van der Waals surface area contributed by atoms with Crippen LogP contribution in [-0.2, 0) is 16.0 Å². The van der Waals surface area contributed by atoms with Crippen LogP contribution in [0, 0.1) is 0 Å². The first-order valence-electron chi connectivity index (χ1n) is 14.2. The van der Waals surface area contributed by atoms with Gasteiger partial charge in [0.1, 0.15) is 10.7 Å². The van der Waals surface area contributed by atoms with Crippen LogP contribution in [0.4, 0.5) is 5.69 Å². The number of carbonyl (C=O) groups excluding carboxylic acids is 3. The minimum Gasteiger partial charge on any atom is -0.381 e. The lowest BCUT2D eigenvalue weighted by Gasteiger charge is -2.23. The van der Waals surface area contributed by atoms with Crippen LogP contribution in [0.3, 0.4) is 0 Å². The van der Waals surface area contributed by atoms with E-state index in [1.54, 1.807) is 22.5 Å². The van der Waals surface area contributed by atoms with E-state index in [4.69, 9.17) is 4.74 Å². The number of nitrogens with one attached hydrogen (secondary N) is 1. The Kier molecular flexibility index (Phi) is 9.53. The molecule has 2 aliphatic rings. The van der Waals surface area contributed by atoms with Crippen LogP contribution in [0.25, 0.3) is 10.6 Å². The first-order valence-corrected chi connectivity index (χ1v) is 15.1. The van der Waals surface area contributed by atoms with Crippen LogP contribution in [-0.4, -0.2) is 94.1 Å². The molecule has 0 saturated carbocycles. The molecule has 0 aromatic carbocycles. The standard InChI is InChI=1S/C29H37N7O4S/c1-34(2)14-8-26(38)35-12-3-5-21-17-20(7-11-30-21)29-32-24(19-41-29)28(39)31-23-18-36(22-9-15-40-16-10-22)33-27(23)25(37)6-4-13-35/h7,11,17-19,22H,3-6,8-10,12-16H2,1-2H3,(H,31,39). The highest BCUT2D eigenvalue weighted by Crippen LogP contribution is 2.28. The molecule has 1 N–H and O–H groups in total. The fourth-order valence-electron chi connectivity index (χ4n) is 5.11. The summed E-state index contributed by atoms with van der Waals surface area (Å²) in [4.78, 5) is 52.7. The SMILES string of the molecule is CN(C)CCC(=O)N1CCCC(=O)c2nn(C3CCOCC3)cc2NC(=O)c2csc(n2)-c2ccnc(c2)CCC1. The van der Waals surface area contributed by atoms with E-state index in [0.29, 0.717) is 57.8 Å². The normalized spacial score (nSPS) is 17.6. The van der Waals surface area contributed by atoms with Gasteiger partial charge in [-0.3, -0.25) is 24.0 Å². The maximum atomic E-state index is 13.4. The molecule has 12 heteroatoms. The fraction of sp³-hybridized carbons (Fsp3) is 0.517. The summed E-state index contributed by atoms with van der Waals surface area (Å²) in [7, 11) is 3.90. The molecule has 3 aromatic rings. The number of carbonyl (C=O) groups is 3. The van der Waals surface area contributed by atoms with Crippen LogP contribution < -0.4 is 5.32 Å². The Morgan fingerprint density at radius 3 is 2.73 bits per heavy atom. The lowest BCUT2D eigenvalue weighted by molar-refractivity contribution is -0.131. The molecule has 4 bridgehead atoms. The molecule has 1 fully saturated rings. The van der Waals surface area contributed by atoms with Crippen LogP contribution in [0.5, 0.6) is 0 Å². The van der Waals surface area contributed by atoms with Gasteiger partial charge in [0.15, 0.2) is 11.5 Å². The lowest BCUT2D eigenvalue weighted by Crippen LogP contribution is -2.35. The highest BCUT2D eigenvalue weighted by atomic mass is 32.1. The Morgan fingerprint density at radius 2 is 1.95 bits per heavy atom. The number of pyridine rings is 1. The van der Waals surface area contributed by atoms with Gasteiger partial charge in [-0.25, -0.2) is 4.98 Å². The molecule has 2 aliphatic heterocycles. The monoisotopic (exact) mass is 579 g/mol. The largest absolute Gasteiger partial charge is 0.381 e. The molecule has 0 radical (unpaired) electrons. The third kappa shape index (κ3) is 7.43. The molecule has 11 nitrogen and oxygen atoms in total. The Labute approximate surface area is 243 Å². The van der Waals surface area contributed by atoms with Gasteiger partial charge in [-0.15, -0.1) is 11.3 Å². The number of hydrogen-bond acceptors (Lipinski definition) is 9. The van der Waals surface area contributed by atoms with Crippen molar-refractivity contribution in [3.8, 4) is 10.6 Å². The molecule has 0 spiro atoms. The van der Waals surface area contributed by atoms with Crippen LogP contribution in [0.2, 0.25) is 0 Å². The molecule has 41 heavy (non-hydrogen) atoms. The van der Waals surface area contributed by atoms with Crippen molar-refractivity contribution in [3.63, 3.8) is 0 Å². The number of hydrogen-bond donors (Lipinski definition) is 1. The first-order chi connectivity index (χ1) is 19.9. The first kappa shape index (κ1) is 29.0. The van der Waals surface area contributed by atoms with Crippen molar-refractivity contribution < 1.29 is 19.1 Å². The Hall–Kier alpha value is -3.48. The van der Waals surface area contributed by atoms with E-state index in [1.807, 2.05) is 36.0 Å². The molecular weight excluding hydrogens is 542 g/mol. The number of nitrogens with zero attached hydrogens (tertiary/aromatic N) is 6. The van der Waals surface area contributed by atoms with Gasteiger partial charge in [-0.1, -0.05) is 0 Å². The summed E-state index contributed by atoms with van der Waals surface area (Å²) < 4.78 is 7.28. The van der Waals surface area contributed by atoms with Crippen molar-refractivity contribution in [3.05, 3.63) is 47.0 Å². The van der Waals surface area contributed by atoms with Crippen molar-refractivity contribution in [2.24, 2.45) is 0 Å². The Morgan fingerprint density at radius 1 is 1.17 bits per heavy atom. The number of Topliss-reactive ketones (excluding diaryl/α,β-unsaturated/α-hetero) is 1.